The summed E-state index contributed by atoms with van der Waals surface area (Å²) in [5, 5.41) is 8.37. The Morgan fingerprint density at radius 1 is 1.53 bits per heavy atom. The lowest BCUT2D eigenvalue weighted by Crippen LogP contribution is -2.64. The summed E-state index contributed by atoms with van der Waals surface area (Å²) in [4.78, 5) is 2.75. The molecular weight excluding hydrogens is 252 g/mol. The summed E-state index contributed by atoms with van der Waals surface area (Å²) in [5.74, 6) is 0.905. The van der Waals surface area contributed by atoms with E-state index in [-0.39, 0.29) is 0 Å². The zero-order valence-corrected chi connectivity index (χ0v) is 13.2. The highest BCUT2D eigenvalue weighted by Crippen LogP contribution is 2.43. The Morgan fingerprint density at radius 2 is 2.32 bits per heavy atom. The summed E-state index contributed by atoms with van der Waals surface area (Å²) in [6.07, 6.45) is 4.07. The van der Waals surface area contributed by atoms with Gasteiger partial charge in [0.25, 0.3) is 0 Å². The molecule has 1 aromatic rings. The molecule has 2 aliphatic rings. The van der Waals surface area contributed by atoms with Crippen molar-refractivity contribution in [2.75, 3.05) is 13.1 Å². The second-order valence-electron chi connectivity index (χ2n) is 6.54. The number of hydrogen-bond acceptors (Lipinski definition) is 3. The standard InChI is InChI=1S/C16H26N2S/c1-4-15-9-17-16(3,14-5-6-14)11-18(15)12(2)13-7-8-19-10-13/h7-8,10,12,14-15,17H,4-6,9,11H2,1-3H3. The van der Waals surface area contributed by atoms with Crippen LogP contribution in [0.1, 0.15) is 51.6 Å². The monoisotopic (exact) mass is 278 g/mol. The van der Waals surface area contributed by atoms with Gasteiger partial charge in [-0.25, -0.2) is 0 Å². The molecule has 0 spiro atoms. The number of hydrogen-bond donors (Lipinski definition) is 1. The van der Waals surface area contributed by atoms with Crippen LogP contribution in [0.2, 0.25) is 0 Å². The number of thiophene rings is 1. The molecule has 3 unspecified atom stereocenters. The minimum Gasteiger partial charge on any atom is -0.308 e. The lowest BCUT2D eigenvalue weighted by molar-refractivity contribution is 0.0420. The molecule has 2 fully saturated rings. The second-order valence-corrected chi connectivity index (χ2v) is 7.32. The Morgan fingerprint density at radius 3 is 2.89 bits per heavy atom. The van der Waals surface area contributed by atoms with E-state index in [1.807, 2.05) is 11.3 Å². The molecule has 1 aliphatic heterocycles. The average Bonchev–Trinajstić information content (AvgIpc) is 3.15. The molecule has 1 aliphatic carbocycles. The minimum atomic E-state index is 0.343. The van der Waals surface area contributed by atoms with Crippen molar-refractivity contribution in [3.8, 4) is 0 Å². The molecule has 3 rings (SSSR count). The Balaban J connectivity index is 1.78. The van der Waals surface area contributed by atoms with Crippen LogP contribution in [0.15, 0.2) is 16.8 Å². The zero-order chi connectivity index (χ0) is 13.5. The van der Waals surface area contributed by atoms with Crippen molar-refractivity contribution in [2.24, 2.45) is 5.92 Å². The quantitative estimate of drug-likeness (QED) is 0.904. The molecule has 1 N–H and O–H groups in total. The van der Waals surface area contributed by atoms with E-state index in [0.29, 0.717) is 17.6 Å². The molecule has 0 amide bonds. The van der Waals surface area contributed by atoms with E-state index in [1.165, 1.54) is 31.4 Å². The van der Waals surface area contributed by atoms with Gasteiger partial charge in [-0.05, 0) is 61.4 Å². The number of rotatable bonds is 4. The van der Waals surface area contributed by atoms with Crippen molar-refractivity contribution in [1.82, 2.24) is 10.2 Å². The van der Waals surface area contributed by atoms with E-state index >= 15 is 0 Å². The van der Waals surface area contributed by atoms with Crippen LogP contribution in [0, 0.1) is 5.92 Å². The first kappa shape index (κ1) is 13.6. The fraction of sp³-hybridized carbons (Fsp3) is 0.750. The van der Waals surface area contributed by atoms with Crippen LogP contribution in [0.4, 0.5) is 0 Å². The molecule has 1 saturated carbocycles. The van der Waals surface area contributed by atoms with Gasteiger partial charge in [0.1, 0.15) is 0 Å². The maximum Gasteiger partial charge on any atom is 0.0332 e. The maximum atomic E-state index is 3.85. The van der Waals surface area contributed by atoms with Gasteiger partial charge in [-0.1, -0.05) is 6.92 Å². The Kier molecular flexibility index (Phi) is 3.71. The highest BCUT2D eigenvalue weighted by atomic mass is 32.1. The number of piperazine rings is 1. The molecule has 1 aromatic heterocycles. The van der Waals surface area contributed by atoms with Crippen LogP contribution < -0.4 is 5.32 Å². The van der Waals surface area contributed by atoms with Crippen LogP contribution >= 0.6 is 11.3 Å². The van der Waals surface area contributed by atoms with Crippen LogP contribution in [0.3, 0.4) is 0 Å². The van der Waals surface area contributed by atoms with Gasteiger partial charge in [0.2, 0.25) is 0 Å². The van der Waals surface area contributed by atoms with Gasteiger partial charge in [0.15, 0.2) is 0 Å². The third-order valence-corrected chi connectivity index (χ3v) is 5.90. The van der Waals surface area contributed by atoms with Crippen molar-refractivity contribution >= 4 is 11.3 Å². The van der Waals surface area contributed by atoms with Crippen LogP contribution in [-0.4, -0.2) is 29.6 Å². The molecule has 0 radical (unpaired) electrons. The summed E-state index contributed by atoms with van der Waals surface area (Å²) in [6, 6.07) is 3.52. The number of nitrogens with one attached hydrogen (secondary N) is 1. The SMILES string of the molecule is CCC1CNC(C)(C2CC2)CN1C(C)c1ccsc1. The van der Waals surface area contributed by atoms with Gasteiger partial charge in [0, 0.05) is 30.7 Å². The fourth-order valence-electron chi connectivity index (χ4n) is 3.56. The van der Waals surface area contributed by atoms with E-state index in [9.17, 15) is 0 Å². The summed E-state index contributed by atoms with van der Waals surface area (Å²) < 4.78 is 0. The lowest BCUT2D eigenvalue weighted by Gasteiger charge is -2.49. The molecule has 19 heavy (non-hydrogen) atoms. The summed E-state index contributed by atoms with van der Waals surface area (Å²) in [7, 11) is 0. The van der Waals surface area contributed by atoms with E-state index in [1.54, 1.807) is 0 Å². The molecule has 2 nitrogen and oxygen atoms in total. The summed E-state index contributed by atoms with van der Waals surface area (Å²) in [5.41, 5.74) is 1.83. The predicted molar refractivity (Wildman–Crippen MR) is 82.7 cm³/mol. The van der Waals surface area contributed by atoms with Gasteiger partial charge in [-0.2, -0.15) is 11.3 Å². The summed E-state index contributed by atoms with van der Waals surface area (Å²) >= 11 is 1.82. The topological polar surface area (TPSA) is 15.3 Å². The second kappa shape index (κ2) is 5.19. The molecule has 1 saturated heterocycles. The Labute approximate surface area is 121 Å². The largest absolute Gasteiger partial charge is 0.308 e. The molecule has 0 aromatic carbocycles. The maximum absolute atomic E-state index is 3.85. The normalized spacial score (nSPS) is 34.4. The van der Waals surface area contributed by atoms with Crippen molar-refractivity contribution < 1.29 is 0 Å². The fourth-order valence-corrected chi connectivity index (χ4v) is 4.31. The lowest BCUT2D eigenvalue weighted by atomic mass is 9.89. The van der Waals surface area contributed by atoms with Crippen molar-refractivity contribution in [1.29, 1.82) is 0 Å². The van der Waals surface area contributed by atoms with Gasteiger partial charge in [0.05, 0.1) is 0 Å². The first-order valence-electron chi connectivity index (χ1n) is 7.67. The predicted octanol–water partition coefficient (Wildman–Crippen LogP) is 3.66. The zero-order valence-electron chi connectivity index (χ0n) is 12.4. The van der Waals surface area contributed by atoms with E-state index in [2.05, 4.69) is 47.8 Å². The highest BCUT2D eigenvalue weighted by molar-refractivity contribution is 7.07. The van der Waals surface area contributed by atoms with E-state index < -0.39 is 0 Å². The first-order chi connectivity index (χ1) is 9.14. The van der Waals surface area contributed by atoms with Crippen molar-refractivity contribution in [3.05, 3.63) is 22.4 Å². The van der Waals surface area contributed by atoms with Crippen LogP contribution in [0.25, 0.3) is 0 Å². The molecule has 3 atom stereocenters. The molecule has 0 bridgehead atoms. The van der Waals surface area contributed by atoms with Gasteiger partial charge < -0.3 is 5.32 Å². The van der Waals surface area contributed by atoms with Gasteiger partial charge >= 0.3 is 0 Å². The Bertz CT molecular complexity index is 412. The van der Waals surface area contributed by atoms with Gasteiger partial charge in [-0.15, -0.1) is 0 Å². The Hall–Kier alpha value is -0.380. The van der Waals surface area contributed by atoms with Crippen molar-refractivity contribution in [2.45, 2.75) is 57.7 Å². The minimum absolute atomic E-state index is 0.343. The van der Waals surface area contributed by atoms with Crippen LogP contribution in [0.5, 0.6) is 0 Å². The molecular formula is C16H26N2S. The smallest absolute Gasteiger partial charge is 0.0332 e. The third kappa shape index (κ3) is 2.61. The van der Waals surface area contributed by atoms with E-state index in [0.717, 1.165) is 12.5 Å². The molecule has 2 heterocycles. The first-order valence-corrected chi connectivity index (χ1v) is 8.61. The molecule has 106 valence electrons. The van der Waals surface area contributed by atoms with Crippen molar-refractivity contribution in [3.63, 3.8) is 0 Å². The third-order valence-electron chi connectivity index (χ3n) is 5.19. The number of nitrogens with zero attached hydrogens (tertiary/aromatic N) is 1. The highest BCUT2D eigenvalue weighted by Gasteiger charge is 2.46. The van der Waals surface area contributed by atoms with Gasteiger partial charge in [-0.3, -0.25) is 4.90 Å². The van der Waals surface area contributed by atoms with Crippen LogP contribution in [-0.2, 0) is 0 Å². The van der Waals surface area contributed by atoms with E-state index in [4.69, 9.17) is 0 Å². The molecule has 3 heteroatoms. The summed E-state index contributed by atoms with van der Waals surface area (Å²) in [6.45, 7) is 9.48. The average molecular weight is 278 g/mol.